The summed E-state index contributed by atoms with van der Waals surface area (Å²) in [4.78, 5) is 11.2. The number of amides is 1. The molecule has 0 radical (unpaired) electrons. The number of hydrogen-bond acceptors (Lipinski definition) is 4. The van der Waals surface area contributed by atoms with E-state index in [-0.39, 0.29) is 12.7 Å². The molecule has 0 bridgehead atoms. The molecule has 21 heavy (non-hydrogen) atoms. The molecule has 0 saturated heterocycles. The molecule has 2 unspecified atom stereocenters. The number of halogens is 2. The Hall–Kier alpha value is -0.850. The van der Waals surface area contributed by atoms with Crippen LogP contribution in [-0.2, 0) is 14.2 Å². The van der Waals surface area contributed by atoms with Gasteiger partial charge < -0.3 is 14.2 Å². The zero-order chi connectivity index (χ0) is 16.0. The fourth-order valence-corrected chi connectivity index (χ4v) is 2.45. The lowest BCUT2D eigenvalue weighted by Crippen LogP contribution is -2.59. The number of hydrogen-bond donors (Lipinski definition) is 1. The minimum Gasteiger partial charge on any atom is -0.414 e. The van der Waals surface area contributed by atoms with E-state index >= 15 is 0 Å². The first kappa shape index (κ1) is 18.2. The van der Waals surface area contributed by atoms with Gasteiger partial charge in [0.1, 0.15) is 19.0 Å². The van der Waals surface area contributed by atoms with Crippen LogP contribution in [0.4, 0.5) is 4.79 Å². The fourth-order valence-electron chi connectivity index (χ4n) is 1.93. The van der Waals surface area contributed by atoms with E-state index in [2.05, 4.69) is 5.73 Å². The second-order valence-electron chi connectivity index (χ2n) is 4.86. The zero-order valence-electron chi connectivity index (χ0n) is 12.3. The predicted octanol–water partition coefficient (Wildman–Crippen LogP) is 3.06. The first-order chi connectivity index (χ1) is 9.86. The van der Waals surface area contributed by atoms with Gasteiger partial charge in [0.2, 0.25) is 0 Å². The average molecular weight is 337 g/mol. The lowest BCUT2D eigenvalue weighted by atomic mass is 9.95. The van der Waals surface area contributed by atoms with Crippen LogP contribution in [0.3, 0.4) is 0 Å². The van der Waals surface area contributed by atoms with Gasteiger partial charge in [-0.05, 0) is 18.1 Å². The molecule has 2 atom stereocenters. The molecule has 5 nitrogen and oxygen atoms in total. The van der Waals surface area contributed by atoms with Crippen LogP contribution in [0.25, 0.3) is 0 Å². The Bertz CT molecular complexity index is 482. The van der Waals surface area contributed by atoms with Crippen LogP contribution < -0.4 is 5.73 Å². The Balaban J connectivity index is 3.15. The van der Waals surface area contributed by atoms with Crippen LogP contribution in [0.5, 0.6) is 0 Å². The second kappa shape index (κ2) is 8.56. The highest BCUT2D eigenvalue weighted by Crippen LogP contribution is 2.34. The van der Waals surface area contributed by atoms with Gasteiger partial charge in [0.05, 0.1) is 0 Å². The van der Waals surface area contributed by atoms with E-state index in [1.807, 2.05) is 13.8 Å². The molecule has 0 saturated carbocycles. The number of carbonyl (C=O) groups excluding carboxylic acids is 1. The minimum atomic E-state index is -0.621. The first-order valence-electron chi connectivity index (χ1n) is 6.44. The molecule has 0 aliphatic rings. The summed E-state index contributed by atoms with van der Waals surface area (Å²) in [6.07, 6.45) is -1.73. The van der Waals surface area contributed by atoms with E-state index < -0.39 is 18.3 Å². The Morgan fingerprint density at radius 3 is 2.48 bits per heavy atom. The number of rotatable bonds is 7. The van der Waals surface area contributed by atoms with Crippen LogP contribution in [-0.4, -0.2) is 26.1 Å². The van der Waals surface area contributed by atoms with Crippen LogP contribution >= 0.6 is 23.2 Å². The Morgan fingerprint density at radius 1 is 1.33 bits per heavy atom. The van der Waals surface area contributed by atoms with Gasteiger partial charge in [-0.3, -0.25) is 5.73 Å². The summed E-state index contributed by atoms with van der Waals surface area (Å²) in [6.45, 7) is 3.88. The molecule has 7 heteroatoms. The van der Waals surface area contributed by atoms with Gasteiger partial charge in [-0.1, -0.05) is 43.1 Å². The maximum atomic E-state index is 11.2. The van der Waals surface area contributed by atoms with E-state index in [1.54, 1.807) is 18.2 Å². The van der Waals surface area contributed by atoms with Crippen molar-refractivity contribution in [2.24, 2.45) is 5.92 Å². The van der Waals surface area contributed by atoms with Crippen molar-refractivity contribution in [1.29, 1.82) is 0 Å². The average Bonchev–Trinajstić information content (AvgIpc) is 2.38. The molecule has 1 aromatic rings. The van der Waals surface area contributed by atoms with Gasteiger partial charge in [0, 0.05) is 22.7 Å². The molecule has 0 aliphatic carbocycles. The highest BCUT2D eigenvalue weighted by molar-refractivity contribution is 6.35. The quantitative estimate of drug-likeness (QED) is 0.776. The molecule has 0 heterocycles. The van der Waals surface area contributed by atoms with E-state index in [0.717, 1.165) is 0 Å². The van der Waals surface area contributed by atoms with Gasteiger partial charge in [0.15, 0.2) is 0 Å². The van der Waals surface area contributed by atoms with Crippen molar-refractivity contribution < 1.29 is 24.7 Å². The lowest BCUT2D eigenvalue weighted by molar-refractivity contribution is -0.295. The molecule has 0 fully saturated rings. The van der Waals surface area contributed by atoms with E-state index in [0.29, 0.717) is 15.6 Å². The standard InChI is InChI=1S/C14H19Cl2NO4/c1-8(2)12(21-14(17)18)13(20-7-19-3)10-5-4-9(15)6-11(10)16/h4-6,8,12-13H,7H2,1-3H3,(H2,17,18)/p+1. The van der Waals surface area contributed by atoms with Crippen LogP contribution in [0.1, 0.15) is 25.5 Å². The summed E-state index contributed by atoms with van der Waals surface area (Å²) in [5, 5.41) is 0.957. The van der Waals surface area contributed by atoms with Gasteiger partial charge in [-0.2, -0.15) is 4.79 Å². The van der Waals surface area contributed by atoms with Crippen molar-refractivity contribution in [2.75, 3.05) is 13.9 Å². The van der Waals surface area contributed by atoms with Crippen LogP contribution in [0.15, 0.2) is 18.2 Å². The molecular formula is C14H20Cl2NO4+. The molecule has 0 aliphatic heterocycles. The summed E-state index contributed by atoms with van der Waals surface area (Å²) >= 11 is 12.1. The molecule has 1 aromatic carbocycles. The monoisotopic (exact) mass is 336 g/mol. The van der Waals surface area contributed by atoms with Crippen molar-refractivity contribution in [2.45, 2.75) is 26.1 Å². The normalized spacial score (nSPS) is 14.0. The predicted molar refractivity (Wildman–Crippen MR) is 80.2 cm³/mol. The maximum absolute atomic E-state index is 11.2. The first-order valence-corrected chi connectivity index (χ1v) is 7.20. The number of carbonyl (C=O) groups is 1. The highest BCUT2D eigenvalue weighted by Gasteiger charge is 2.32. The van der Waals surface area contributed by atoms with Gasteiger partial charge >= 0.3 is 6.09 Å². The zero-order valence-corrected chi connectivity index (χ0v) is 13.8. The number of benzene rings is 1. The van der Waals surface area contributed by atoms with Crippen molar-refractivity contribution in [3.8, 4) is 0 Å². The number of methoxy groups -OCH3 is 1. The lowest BCUT2D eigenvalue weighted by Gasteiger charge is -2.29. The van der Waals surface area contributed by atoms with Crippen LogP contribution in [0.2, 0.25) is 10.0 Å². The van der Waals surface area contributed by atoms with Crippen molar-refractivity contribution in [3.63, 3.8) is 0 Å². The minimum absolute atomic E-state index is 0.00398. The molecule has 0 aromatic heterocycles. The SMILES string of the molecule is COCOC(c1ccc(Cl)cc1Cl)C(OC([NH3+])=O)C(C)C. The summed E-state index contributed by atoms with van der Waals surface area (Å²) in [5.41, 5.74) is 3.93. The fraction of sp³-hybridized carbons (Fsp3) is 0.500. The summed E-state index contributed by atoms with van der Waals surface area (Å²) in [6, 6.07) is 5.07. The second-order valence-corrected chi connectivity index (χ2v) is 5.70. The molecule has 0 spiro atoms. The Labute approximate surface area is 134 Å². The maximum Gasteiger partial charge on any atom is 0.511 e. The topological polar surface area (TPSA) is 72.4 Å². The Morgan fingerprint density at radius 2 is 2.00 bits per heavy atom. The summed E-state index contributed by atoms with van der Waals surface area (Å²) in [7, 11) is 1.51. The number of quaternary nitrogens is 1. The third-order valence-corrected chi connectivity index (χ3v) is 3.42. The van der Waals surface area contributed by atoms with Crippen molar-refractivity contribution in [1.82, 2.24) is 0 Å². The largest absolute Gasteiger partial charge is 0.511 e. The van der Waals surface area contributed by atoms with Crippen LogP contribution in [0, 0.1) is 5.92 Å². The van der Waals surface area contributed by atoms with E-state index in [4.69, 9.17) is 37.4 Å². The smallest absolute Gasteiger partial charge is 0.414 e. The van der Waals surface area contributed by atoms with E-state index in [9.17, 15) is 4.79 Å². The molecular weight excluding hydrogens is 317 g/mol. The Kier molecular flexibility index (Phi) is 7.42. The van der Waals surface area contributed by atoms with Gasteiger partial charge in [-0.25, -0.2) is 0 Å². The number of ether oxygens (including phenoxy) is 3. The van der Waals surface area contributed by atoms with Gasteiger partial charge in [0.25, 0.3) is 0 Å². The molecule has 1 amide bonds. The molecule has 3 N–H and O–H groups in total. The molecule has 1 rings (SSSR count). The van der Waals surface area contributed by atoms with E-state index in [1.165, 1.54) is 7.11 Å². The summed E-state index contributed by atoms with van der Waals surface area (Å²) < 4.78 is 15.9. The van der Waals surface area contributed by atoms with Gasteiger partial charge in [-0.15, -0.1) is 0 Å². The third-order valence-electron chi connectivity index (χ3n) is 2.86. The van der Waals surface area contributed by atoms with Crippen molar-refractivity contribution >= 4 is 29.3 Å². The third kappa shape index (κ3) is 5.45. The molecule has 118 valence electrons. The highest BCUT2D eigenvalue weighted by atomic mass is 35.5. The summed E-state index contributed by atoms with van der Waals surface area (Å²) in [5.74, 6) is 0.00398. The van der Waals surface area contributed by atoms with Crippen molar-refractivity contribution in [3.05, 3.63) is 33.8 Å².